The first-order valence-electron chi connectivity index (χ1n) is 8.29. The van der Waals surface area contributed by atoms with E-state index in [1.807, 2.05) is 6.92 Å². The summed E-state index contributed by atoms with van der Waals surface area (Å²) in [6.07, 6.45) is -2.07. The number of aryl methyl sites for hydroxylation is 1. The van der Waals surface area contributed by atoms with Crippen LogP contribution in [0.15, 0.2) is 0 Å². The van der Waals surface area contributed by atoms with Crippen LogP contribution in [0.25, 0.3) is 0 Å². The minimum atomic E-state index is -4.50. The van der Waals surface area contributed by atoms with E-state index in [1.54, 1.807) is 13.8 Å². The highest BCUT2D eigenvalue weighted by molar-refractivity contribution is 7.17. The Labute approximate surface area is 154 Å². The molecule has 0 bridgehead atoms. The van der Waals surface area contributed by atoms with E-state index in [2.05, 4.69) is 9.72 Å². The molecule has 0 aliphatic carbocycles. The lowest BCUT2D eigenvalue weighted by molar-refractivity contribution is -0.175. The number of unbranched alkanes of at least 4 members (excludes halogenated alkanes) is 2. The summed E-state index contributed by atoms with van der Waals surface area (Å²) in [6, 6.07) is 0. The van der Waals surface area contributed by atoms with Crippen LogP contribution < -0.4 is 4.90 Å². The molecule has 1 amide bonds. The van der Waals surface area contributed by atoms with Crippen molar-refractivity contribution in [2.75, 3.05) is 31.3 Å². The van der Waals surface area contributed by atoms with Crippen LogP contribution in [0, 0.1) is 6.92 Å². The zero-order valence-corrected chi connectivity index (χ0v) is 15.8. The van der Waals surface area contributed by atoms with Gasteiger partial charge >= 0.3 is 12.1 Å². The van der Waals surface area contributed by atoms with Crippen molar-refractivity contribution >= 4 is 28.3 Å². The molecule has 148 valence electrons. The van der Waals surface area contributed by atoms with Crippen molar-refractivity contribution in [2.24, 2.45) is 0 Å². The maximum Gasteiger partial charge on any atom is 0.411 e. The number of ether oxygens (including phenoxy) is 2. The molecular formula is C16H23F3N2O4S. The molecule has 1 aromatic heterocycles. The van der Waals surface area contributed by atoms with Crippen molar-refractivity contribution in [1.82, 2.24) is 4.98 Å². The van der Waals surface area contributed by atoms with Gasteiger partial charge in [0.1, 0.15) is 18.1 Å². The Morgan fingerprint density at radius 3 is 2.50 bits per heavy atom. The summed E-state index contributed by atoms with van der Waals surface area (Å²) in [4.78, 5) is 30.0. The standard InChI is InChI=1S/C16H23F3N2O4S/c1-4-6-7-8-21(12(22)9-24-10-16(17,18)19)15-20-11(3)13(26-15)14(23)25-5-2/h4-10H2,1-3H3. The molecule has 0 saturated carbocycles. The largest absolute Gasteiger partial charge is 0.462 e. The van der Waals surface area contributed by atoms with Crippen LogP contribution in [0.2, 0.25) is 0 Å². The molecule has 6 nitrogen and oxygen atoms in total. The van der Waals surface area contributed by atoms with Crippen molar-refractivity contribution in [1.29, 1.82) is 0 Å². The van der Waals surface area contributed by atoms with E-state index in [1.165, 1.54) is 4.90 Å². The minimum absolute atomic E-state index is 0.204. The smallest absolute Gasteiger partial charge is 0.411 e. The highest BCUT2D eigenvalue weighted by Gasteiger charge is 2.29. The average molecular weight is 396 g/mol. The Kier molecular flexibility index (Phi) is 9.00. The van der Waals surface area contributed by atoms with Gasteiger partial charge in [-0.05, 0) is 20.3 Å². The number of carbonyl (C=O) groups excluding carboxylic acids is 2. The van der Waals surface area contributed by atoms with Gasteiger partial charge < -0.3 is 9.47 Å². The maximum absolute atomic E-state index is 12.3. The molecule has 0 fully saturated rings. The lowest BCUT2D eigenvalue weighted by Crippen LogP contribution is -2.36. The number of aromatic nitrogens is 1. The number of hydrogen-bond donors (Lipinski definition) is 0. The van der Waals surface area contributed by atoms with Crippen molar-refractivity contribution in [3.63, 3.8) is 0 Å². The monoisotopic (exact) mass is 396 g/mol. The van der Waals surface area contributed by atoms with Crippen LogP contribution in [0.1, 0.15) is 48.5 Å². The number of halogens is 3. The van der Waals surface area contributed by atoms with Crippen molar-refractivity contribution in [3.05, 3.63) is 10.6 Å². The number of thiazole rings is 1. The number of amides is 1. The molecule has 1 heterocycles. The third kappa shape index (κ3) is 7.28. The first-order chi connectivity index (χ1) is 12.2. The summed E-state index contributed by atoms with van der Waals surface area (Å²) in [6.45, 7) is 3.57. The highest BCUT2D eigenvalue weighted by Crippen LogP contribution is 2.27. The molecule has 1 rings (SSSR count). The molecule has 1 aromatic rings. The third-order valence-electron chi connectivity index (χ3n) is 3.25. The first kappa shape index (κ1) is 22.4. The second kappa shape index (κ2) is 10.5. The lowest BCUT2D eigenvalue weighted by atomic mass is 10.2. The summed E-state index contributed by atoms with van der Waals surface area (Å²) in [5.41, 5.74) is 0.410. The molecular weight excluding hydrogens is 373 g/mol. The second-order valence-corrected chi connectivity index (χ2v) is 6.47. The Morgan fingerprint density at radius 2 is 1.92 bits per heavy atom. The van der Waals surface area contributed by atoms with E-state index >= 15 is 0 Å². The van der Waals surface area contributed by atoms with Gasteiger partial charge in [-0.15, -0.1) is 0 Å². The van der Waals surface area contributed by atoms with Gasteiger partial charge in [-0.2, -0.15) is 13.2 Å². The fourth-order valence-electron chi connectivity index (χ4n) is 2.06. The van der Waals surface area contributed by atoms with Gasteiger partial charge in [0.25, 0.3) is 5.91 Å². The fourth-order valence-corrected chi connectivity index (χ4v) is 3.07. The zero-order chi connectivity index (χ0) is 19.7. The maximum atomic E-state index is 12.3. The fraction of sp³-hybridized carbons (Fsp3) is 0.688. The molecule has 10 heteroatoms. The van der Waals surface area contributed by atoms with Crippen molar-refractivity contribution < 1.29 is 32.2 Å². The zero-order valence-electron chi connectivity index (χ0n) is 15.0. The number of nitrogens with zero attached hydrogens (tertiary/aromatic N) is 2. The van der Waals surface area contributed by atoms with Gasteiger partial charge in [-0.3, -0.25) is 9.69 Å². The number of rotatable bonds is 10. The topological polar surface area (TPSA) is 68.7 Å². The molecule has 26 heavy (non-hydrogen) atoms. The third-order valence-corrected chi connectivity index (χ3v) is 4.42. The van der Waals surface area contributed by atoms with Gasteiger partial charge in [-0.1, -0.05) is 31.1 Å². The minimum Gasteiger partial charge on any atom is -0.462 e. The van der Waals surface area contributed by atoms with Crippen LogP contribution in [0.3, 0.4) is 0 Å². The molecule has 0 aliphatic rings. The SMILES string of the molecule is CCCCCN(C(=O)COCC(F)(F)F)c1nc(C)c(C(=O)OCC)s1. The average Bonchev–Trinajstić information content (AvgIpc) is 2.92. The van der Waals surface area contributed by atoms with Crippen LogP contribution in [0.4, 0.5) is 18.3 Å². The van der Waals surface area contributed by atoms with Crippen LogP contribution in [-0.4, -0.2) is 49.4 Å². The van der Waals surface area contributed by atoms with Crippen molar-refractivity contribution in [3.8, 4) is 0 Å². The Hall–Kier alpha value is -1.68. The Balaban J connectivity index is 2.90. The molecule has 0 aromatic carbocycles. The predicted molar refractivity (Wildman–Crippen MR) is 91.6 cm³/mol. The van der Waals surface area contributed by atoms with Gasteiger partial charge in [-0.25, -0.2) is 9.78 Å². The summed E-state index contributed by atoms with van der Waals surface area (Å²) < 4.78 is 46.0. The molecule has 0 N–H and O–H groups in total. The first-order valence-corrected chi connectivity index (χ1v) is 9.10. The summed E-state index contributed by atoms with van der Waals surface area (Å²) in [7, 11) is 0. The van der Waals surface area contributed by atoms with Crippen LogP contribution >= 0.6 is 11.3 Å². The number of hydrogen-bond acceptors (Lipinski definition) is 6. The molecule has 0 unspecified atom stereocenters. The number of carbonyl (C=O) groups is 2. The molecule has 0 saturated heterocycles. The van der Waals surface area contributed by atoms with Gasteiger partial charge in [0, 0.05) is 6.54 Å². The van der Waals surface area contributed by atoms with E-state index in [9.17, 15) is 22.8 Å². The summed E-state index contributed by atoms with van der Waals surface area (Å²) >= 11 is 0.983. The van der Waals surface area contributed by atoms with Crippen LogP contribution in [-0.2, 0) is 14.3 Å². The Morgan fingerprint density at radius 1 is 1.23 bits per heavy atom. The second-order valence-electron chi connectivity index (χ2n) is 5.49. The summed E-state index contributed by atoms with van der Waals surface area (Å²) in [5.74, 6) is -1.17. The number of alkyl halides is 3. The van der Waals surface area contributed by atoms with Crippen LogP contribution in [0.5, 0.6) is 0 Å². The Bertz CT molecular complexity index is 605. The van der Waals surface area contributed by atoms with E-state index in [0.29, 0.717) is 12.1 Å². The number of esters is 1. The van der Waals surface area contributed by atoms with Gasteiger partial charge in [0.2, 0.25) is 0 Å². The predicted octanol–water partition coefficient (Wildman–Crippen LogP) is 3.73. The number of anilines is 1. The highest BCUT2D eigenvalue weighted by atomic mass is 32.1. The lowest BCUT2D eigenvalue weighted by Gasteiger charge is -2.20. The molecule has 0 atom stereocenters. The van der Waals surface area contributed by atoms with Crippen molar-refractivity contribution in [2.45, 2.75) is 46.2 Å². The normalized spacial score (nSPS) is 11.5. The van der Waals surface area contributed by atoms with E-state index in [0.717, 1.165) is 24.2 Å². The van der Waals surface area contributed by atoms with Gasteiger partial charge in [0.05, 0.1) is 12.3 Å². The van der Waals surface area contributed by atoms with E-state index < -0.39 is 31.3 Å². The van der Waals surface area contributed by atoms with E-state index in [4.69, 9.17) is 4.74 Å². The summed E-state index contributed by atoms with van der Waals surface area (Å²) in [5, 5.41) is 0.252. The quantitative estimate of drug-likeness (QED) is 0.445. The molecule has 0 radical (unpaired) electrons. The van der Waals surface area contributed by atoms with E-state index in [-0.39, 0.29) is 23.2 Å². The molecule has 0 spiro atoms. The molecule has 0 aliphatic heterocycles. The van der Waals surface area contributed by atoms with Gasteiger partial charge in [0.15, 0.2) is 5.13 Å².